The Morgan fingerprint density at radius 3 is 1.22 bits per heavy atom. The van der Waals surface area contributed by atoms with E-state index in [0.29, 0.717) is 19.4 Å². The maximum absolute atomic E-state index is 12.5. The highest BCUT2D eigenvalue weighted by Gasteiger charge is 2.18. The van der Waals surface area contributed by atoms with E-state index in [9.17, 15) is 19.8 Å². The third-order valence-corrected chi connectivity index (χ3v) is 13.5. The molecule has 0 bridgehead atoms. The van der Waals surface area contributed by atoms with Crippen molar-refractivity contribution in [3.05, 3.63) is 60.8 Å². The summed E-state index contributed by atoms with van der Waals surface area (Å²) in [4.78, 5) is 24.5. The van der Waals surface area contributed by atoms with Crippen molar-refractivity contribution in [1.82, 2.24) is 5.32 Å². The van der Waals surface area contributed by atoms with Gasteiger partial charge in [0.1, 0.15) is 0 Å². The summed E-state index contributed by atoms with van der Waals surface area (Å²) in [7, 11) is 0. The molecule has 0 saturated carbocycles. The van der Waals surface area contributed by atoms with E-state index < -0.39 is 12.1 Å². The average Bonchev–Trinajstić information content (AvgIpc) is 3.35. The number of hydrogen-bond acceptors (Lipinski definition) is 5. The van der Waals surface area contributed by atoms with Crippen LogP contribution in [0.3, 0.4) is 0 Å². The minimum Gasteiger partial charge on any atom is -0.466 e. The third kappa shape index (κ3) is 54.7. The summed E-state index contributed by atoms with van der Waals surface area (Å²) >= 11 is 0. The molecule has 0 aromatic heterocycles. The van der Waals surface area contributed by atoms with Gasteiger partial charge in [-0.15, -0.1) is 0 Å². The topological polar surface area (TPSA) is 95.9 Å². The second-order valence-electron chi connectivity index (χ2n) is 20.3. The maximum atomic E-state index is 12.5. The van der Waals surface area contributed by atoms with E-state index in [-0.39, 0.29) is 18.5 Å². The molecule has 3 N–H and O–H groups in total. The number of aliphatic hydroxyl groups excluding tert-OH is 2. The zero-order chi connectivity index (χ0) is 50.0. The molecule has 0 fully saturated rings. The predicted octanol–water partition coefficient (Wildman–Crippen LogP) is 18.7. The molecule has 0 heterocycles. The summed E-state index contributed by atoms with van der Waals surface area (Å²) in [5.41, 5.74) is 0. The van der Waals surface area contributed by atoms with Gasteiger partial charge in [-0.25, -0.2) is 0 Å². The lowest BCUT2D eigenvalue weighted by Gasteiger charge is -2.20. The van der Waals surface area contributed by atoms with Gasteiger partial charge in [-0.05, 0) is 96.3 Å². The van der Waals surface area contributed by atoms with Crippen LogP contribution in [-0.4, -0.2) is 47.4 Å². The monoisotopic (exact) mass is 966 g/mol. The van der Waals surface area contributed by atoms with Crippen LogP contribution in [0.1, 0.15) is 303 Å². The largest absolute Gasteiger partial charge is 0.466 e. The Kier molecular flexibility index (Phi) is 56.1. The van der Waals surface area contributed by atoms with Gasteiger partial charge in [0, 0.05) is 12.8 Å². The van der Waals surface area contributed by atoms with Gasteiger partial charge in [0.15, 0.2) is 0 Å². The number of allylic oxidation sites excluding steroid dienone is 9. The fourth-order valence-electron chi connectivity index (χ4n) is 8.89. The summed E-state index contributed by atoms with van der Waals surface area (Å²) in [6.45, 7) is 4.84. The molecule has 0 spiro atoms. The molecule has 0 aromatic rings. The number of esters is 1. The molecule has 6 nitrogen and oxygen atoms in total. The quantitative estimate of drug-likeness (QED) is 0.0244. The van der Waals surface area contributed by atoms with Gasteiger partial charge in [-0.1, -0.05) is 254 Å². The van der Waals surface area contributed by atoms with Crippen LogP contribution in [-0.2, 0) is 14.3 Å². The molecule has 0 aliphatic heterocycles. The molecule has 0 radical (unpaired) electrons. The van der Waals surface area contributed by atoms with Crippen LogP contribution in [0.2, 0.25) is 0 Å². The van der Waals surface area contributed by atoms with E-state index in [0.717, 1.165) is 83.5 Å². The van der Waals surface area contributed by atoms with Crippen LogP contribution < -0.4 is 5.32 Å². The van der Waals surface area contributed by atoms with Gasteiger partial charge in [-0.3, -0.25) is 9.59 Å². The summed E-state index contributed by atoms with van der Waals surface area (Å²) in [6, 6.07) is -0.637. The number of carbonyl (C=O) groups excluding carboxylic acids is 2. The summed E-state index contributed by atoms with van der Waals surface area (Å²) in [5, 5.41) is 23.1. The Bertz CT molecular complexity index is 1210. The first-order valence-electron chi connectivity index (χ1n) is 30.1. The van der Waals surface area contributed by atoms with Crippen LogP contribution in [0, 0.1) is 0 Å². The van der Waals surface area contributed by atoms with Gasteiger partial charge in [0.05, 0.1) is 25.4 Å². The van der Waals surface area contributed by atoms with Crippen molar-refractivity contribution in [2.24, 2.45) is 0 Å². The van der Waals surface area contributed by atoms with Gasteiger partial charge in [0.2, 0.25) is 5.91 Å². The van der Waals surface area contributed by atoms with Crippen molar-refractivity contribution in [1.29, 1.82) is 0 Å². The second kappa shape index (κ2) is 58.1. The van der Waals surface area contributed by atoms with Crippen LogP contribution in [0.15, 0.2) is 60.8 Å². The number of hydrogen-bond donors (Lipinski definition) is 3. The van der Waals surface area contributed by atoms with Crippen molar-refractivity contribution in [2.45, 2.75) is 315 Å². The van der Waals surface area contributed by atoms with Crippen molar-refractivity contribution < 1.29 is 24.5 Å². The number of aliphatic hydroxyl groups is 2. The zero-order valence-corrected chi connectivity index (χ0v) is 45.8. The lowest BCUT2D eigenvalue weighted by Crippen LogP contribution is -2.45. The van der Waals surface area contributed by atoms with Crippen LogP contribution >= 0.6 is 0 Å². The highest BCUT2D eigenvalue weighted by Crippen LogP contribution is 2.16. The third-order valence-electron chi connectivity index (χ3n) is 13.5. The Morgan fingerprint density at radius 1 is 0.420 bits per heavy atom. The van der Waals surface area contributed by atoms with E-state index in [1.807, 2.05) is 6.08 Å². The number of carbonyl (C=O) groups is 2. The Labute approximate surface area is 428 Å². The van der Waals surface area contributed by atoms with Crippen molar-refractivity contribution in [3.8, 4) is 0 Å². The molecule has 0 saturated heterocycles. The molecule has 69 heavy (non-hydrogen) atoms. The van der Waals surface area contributed by atoms with Crippen LogP contribution in [0.5, 0.6) is 0 Å². The molecule has 402 valence electrons. The first-order chi connectivity index (χ1) is 34.0. The highest BCUT2D eigenvalue weighted by molar-refractivity contribution is 5.76. The molecular weight excluding hydrogens is 851 g/mol. The lowest BCUT2D eigenvalue weighted by atomic mass is 10.0. The highest BCUT2D eigenvalue weighted by atomic mass is 16.5. The van der Waals surface area contributed by atoms with E-state index in [1.54, 1.807) is 6.08 Å². The zero-order valence-electron chi connectivity index (χ0n) is 45.8. The number of ether oxygens (including phenoxy) is 1. The molecule has 6 heteroatoms. The van der Waals surface area contributed by atoms with E-state index in [1.165, 1.54) is 193 Å². The molecule has 2 unspecified atom stereocenters. The first kappa shape index (κ1) is 66.6. The Morgan fingerprint density at radius 2 is 0.768 bits per heavy atom. The number of unbranched alkanes of at least 4 members (excludes halogenated alkanes) is 37. The molecule has 0 rings (SSSR count). The average molecular weight is 967 g/mol. The summed E-state index contributed by atoms with van der Waals surface area (Å²) in [5.74, 6) is -0.101. The van der Waals surface area contributed by atoms with E-state index in [4.69, 9.17) is 4.74 Å². The number of amides is 1. The smallest absolute Gasteiger partial charge is 0.305 e. The second-order valence-corrected chi connectivity index (χ2v) is 20.3. The van der Waals surface area contributed by atoms with Crippen molar-refractivity contribution in [3.63, 3.8) is 0 Å². The van der Waals surface area contributed by atoms with Crippen LogP contribution in [0.4, 0.5) is 0 Å². The molecular formula is C63H115NO5. The summed E-state index contributed by atoms with van der Waals surface area (Å²) in [6.07, 6.45) is 75.3. The number of rotatable bonds is 55. The lowest BCUT2D eigenvalue weighted by molar-refractivity contribution is -0.143. The van der Waals surface area contributed by atoms with E-state index in [2.05, 4.69) is 67.8 Å². The van der Waals surface area contributed by atoms with Crippen molar-refractivity contribution >= 4 is 11.9 Å². The Hall–Kier alpha value is -2.44. The minimum absolute atomic E-state index is 0.0225. The first-order valence-corrected chi connectivity index (χ1v) is 30.1. The minimum atomic E-state index is -0.853. The van der Waals surface area contributed by atoms with Gasteiger partial charge < -0.3 is 20.3 Å². The molecule has 0 aromatic carbocycles. The Balaban J connectivity index is 3.51. The fourth-order valence-corrected chi connectivity index (χ4v) is 8.89. The SMILES string of the molecule is CCCCC/C=C\C/C=C\CCCCCCCCCC(=O)OCCCCC/C=C\C=C/CCCCCCCCCCCCC(=O)NC(CO)C(O)/C=C/CCCCCCCCCCCCCCCC. The standard InChI is InChI=1S/C63H115NO5/c1-3-5-7-9-11-13-15-17-19-24-29-33-37-41-45-49-53-57-63(68)69-58-54-50-46-42-38-34-30-26-23-21-22-25-28-32-36-40-44-48-52-56-62(67)64-60(59-65)61(66)55-51-47-43-39-35-31-27-20-18-16-14-12-10-8-6-4-2/h11,13,17,19,26,30,34,38,51,55,60-61,65-66H,3-10,12,14-16,18,20-25,27-29,31-33,35-37,39-50,52-54,56-59H2,1-2H3,(H,64,67)/b13-11-,19-17-,30-26-,38-34-,55-51+. The molecule has 2 atom stereocenters. The maximum Gasteiger partial charge on any atom is 0.305 e. The molecule has 0 aliphatic rings. The normalized spacial score (nSPS) is 13.0. The van der Waals surface area contributed by atoms with Crippen molar-refractivity contribution in [2.75, 3.05) is 13.2 Å². The predicted molar refractivity (Wildman–Crippen MR) is 301 cm³/mol. The van der Waals surface area contributed by atoms with Gasteiger partial charge in [0.25, 0.3) is 0 Å². The van der Waals surface area contributed by atoms with Gasteiger partial charge in [-0.2, -0.15) is 0 Å². The summed E-state index contributed by atoms with van der Waals surface area (Å²) < 4.78 is 5.46. The van der Waals surface area contributed by atoms with Gasteiger partial charge >= 0.3 is 5.97 Å². The van der Waals surface area contributed by atoms with Crippen LogP contribution in [0.25, 0.3) is 0 Å². The number of nitrogens with one attached hydrogen (secondary N) is 1. The van der Waals surface area contributed by atoms with E-state index >= 15 is 0 Å². The fraction of sp³-hybridized carbons (Fsp3) is 0.810. The molecule has 1 amide bonds. The molecule has 0 aliphatic carbocycles.